The monoisotopic (exact) mass is 299 g/mol. The Morgan fingerprint density at radius 2 is 1.83 bits per heavy atom. The lowest BCUT2D eigenvalue weighted by molar-refractivity contribution is -0.355. The van der Waals surface area contributed by atoms with E-state index in [4.69, 9.17) is 23.2 Å². The average Bonchev–Trinajstić information content (AvgIpc) is 2.29. The SMILES string of the molecule is O=C([O-])C(Oc1ccccc1)OC(F)(F)C(Cl)Cl. The first-order valence-corrected chi connectivity index (χ1v) is 5.46. The number of rotatable bonds is 6. The fraction of sp³-hybridized carbons (Fsp3) is 0.300. The summed E-state index contributed by atoms with van der Waals surface area (Å²) < 4.78 is 34.6. The first-order chi connectivity index (χ1) is 8.33. The van der Waals surface area contributed by atoms with Gasteiger partial charge in [-0.25, -0.2) is 0 Å². The van der Waals surface area contributed by atoms with Crippen molar-refractivity contribution in [3.8, 4) is 5.75 Å². The minimum atomic E-state index is -4.08. The zero-order chi connectivity index (χ0) is 13.8. The molecule has 0 fully saturated rings. The summed E-state index contributed by atoms with van der Waals surface area (Å²) in [6.45, 7) is 0. The Balaban J connectivity index is 2.76. The molecule has 0 heterocycles. The van der Waals surface area contributed by atoms with Gasteiger partial charge in [-0.3, -0.25) is 4.74 Å². The first-order valence-electron chi connectivity index (χ1n) is 4.59. The molecule has 1 atom stereocenters. The molecule has 0 aromatic heterocycles. The lowest BCUT2D eigenvalue weighted by Crippen LogP contribution is -2.47. The number of hydrogen-bond donors (Lipinski definition) is 0. The van der Waals surface area contributed by atoms with Crippen molar-refractivity contribution in [2.75, 3.05) is 0 Å². The van der Waals surface area contributed by atoms with Crippen LogP contribution in [0.2, 0.25) is 0 Å². The van der Waals surface area contributed by atoms with E-state index >= 15 is 0 Å². The van der Waals surface area contributed by atoms with Crippen molar-refractivity contribution in [3.63, 3.8) is 0 Å². The van der Waals surface area contributed by atoms with Gasteiger partial charge in [0.15, 0.2) is 4.84 Å². The lowest BCUT2D eigenvalue weighted by Gasteiger charge is -2.25. The normalized spacial score (nSPS) is 13.4. The molecule has 0 spiro atoms. The largest absolute Gasteiger partial charge is 0.544 e. The van der Waals surface area contributed by atoms with Gasteiger partial charge in [-0.1, -0.05) is 41.4 Å². The van der Waals surface area contributed by atoms with Crippen LogP contribution in [0.15, 0.2) is 30.3 Å². The Hall–Kier alpha value is -1.11. The molecule has 0 amide bonds. The minimum Gasteiger partial charge on any atom is -0.544 e. The van der Waals surface area contributed by atoms with Gasteiger partial charge in [-0.05, 0) is 12.1 Å². The second-order valence-corrected chi connectivity index (χ2v) is 4.16. The second-order valence-electron chi connectivity index (χ2n) is 3.06. The number of benzene rings is 1. The number of halogens is 4. The van der Waals surface area contributed by atoms with Gasteiger partial charge < -0.3 is 14.6 Å². The summed E-state index contributed by atoms with van der Waals surface area (Å²) in [6.07, 6.45) is -6.41. The van der Waals surface area contributed by atoms with Crippen molar-refractivity contribution in [3.05, 3.63) is 30.3 Å². The van der Waals surface area contributed by atoms with Crippen molar-refractivity contribution < 1.29 is 28.2 Å². The molecule has 1 aromatic carbocycles. The highest BCUT2D eigenvalue weighted by atomic mass is 35.5. The standard InChI is InChI=1S/C10H8Cl2F2O4/c11-9(12)10(13,14)18-8(7(15)16)17-6-4-2-1-3-5-6/h1-5,8-9H,(H,15,16)/p-1. The number of aliphatic carboxylic acids is 1. The Morgan fingerprint density at radius 1 is 1.28 bits per heavy atom. The maximum absolute atomic E-state index is 13.0. The fourth-order valence-electron chi connectivity index (χ4n) is 0.937. The van der Waals surface area contributed by atoms with E-state index in [0.29, 0.717) is 0 Å². The van der Waals surface area contributed by atoms with Crippen LogP contribution in [0.4, 0.5) is 8.78 Å². The third-order valence-corrected chi connectivity index (χ3v) is 2.21. The molecule has 1 unspecified atom stereocenters. The van der Waals surface area contributed by atoms with E-state index in [0.717, 1.165) is 0 Å². The van der Waals surface area contributed by atoms with Crippen LogP contribution in [0, 0.1) is 0 Å². The predicted octanol–water partition coefficient (Wildman–Crippen LogP) is 1.55. The zero-order valence-corrected chi connectivity index (χ0v) is 10.2. The van der Waals surface area contributed by atoms with Gasteiger partial charge in [0, 0.05) is 0 Å². The molecular formula is C10H7Cl2F2O4-. The number of alkyl halides is 4. The summed E-state index contributed by atoms with van der Waals surface area (Å²) in [5.41, 5.74) is 0. The molecule has 0 saturated carbocycles. The molecule has 8 heteroatoms. The third-order valence-electron chi connectivity index (χ3n) is 1.70. The number of carboxylic acid groups (broad SMARTS) is 1. The van der Waals surface area contributed by atoms with Gasteiger partial charge >= 0.3 is 6.11 Å². The topological polar surface area (TPSA) is 58.6 Å². The first kappa shape index (κ1) is 14.9. The molecule has 100 valence electrons. The van der Waals surface area contributed by atoms with Crippen molar-refractivity contribution in [1.29, 1.82) is 0 Å². The predicted molar refractivity (Wildman–Crippen MR) is 57.4 cm³/mol. The van der Waals surface area contributed by atoms with Crippen LogP contribution in [-0.4, -0.2) is 23.2 Å². The Labute approximate surface area is 111 Å². The smallest absolute Gasteiger partial charge is 0.389 e. The van der Waals surface area contributed by atoms with E-state index in [-0.39, 0.29) is 5.75 Å². The summed E-state index contributed by atoms with van der Waals surface area (Å²) in [7, 11) is 0. The van der Waals surface area contributed by atoms with E-state index in [1.807, 2.05) is 0 Å². The summed E-state index contributed by atoms with van der Waals surface area (Å²) in [5.74, 6) is -1.96. The molecule has 18 heavy (non-hydrogen) atoms. The van der Waals surface area contributed by atoms with Gasteiger partial charge in [0.1, 0.15) is 11.7 Å². The highest BCUT2D eigenvalue weighted by molar-refractivity contribution is 6.44. The summed E-state index contributed by atoms with van der Waals surface area (Å²) >= 11 is 9.89. The summed E-state index contributed by atoms with van der Waals surface area (Å²) in [6, 6.07) is 7.38. The quantitative estimate of drug-likeness (QED) is 0.591. The number of carbonyl (C=O) groups is 1. The number of hydrogen-bond acceptors (Lipinski definition) is 4. The van der Waals surface area contributed by atoms with Crippen LogP contribution in [0.25, 0.3) is 0 Å². The van der Waals surface area contributed by atoms with Crippen LogP contribution < -0.4 is 9.84 Å². The maximum Gasteiger partial charge on any atom is 0.389 e. The van der Waals surface area contributed by atoms with E-state index in [1.54, 1.807) is 6.07 Å². The highest BCUT2D eigenvalue weighted by Gasteiger charge is 2.42. The van der Waals surface area contributed by atoms with Gasteiger partial charge in [-0.2, -0.15) is 8.78 Å². The molecule has 0 saturated heterocycles. The van der Waals surface area contributed by atoms with Gasteiger partial charge in [0.05, 0.1) is 0 Å². The molecule has 1 aromatic rings. The number of carbonyl (C=O) groups excluding carboxylic acids is 1. The van der Waals surface area contributed by atoms with Crippen LogP contribution in [0.3, 0.4) is 0 Å². The van der Waals surface area contributed by atoms with E-state index in [9.17, 15) is 18.7 Å². The highest BCUT2D eigenvalue weighted by Crippen LogP contribution is 2.29. The minimum absolute atomic E-state index is 0.0168. The lowest BCUT2D eigenvalue weighted by atomic mass is 10.3. The molecule has 0 radical (unpaired) electrons. The molecule has 1 rings (SSSR count). The molecule has 0 bridgehead atoms. The van der Waals surface area contributed by atoms with Crippen LogP contribution in [0.5, 0.6) is 5.75 Å². The molecular weight excluding hydrogens is 293 g/mol. The number of carboxylic acids is 1. The van der Waals surface area contributed by atoms with Crippen molar-refractivity contribution in [1.82, 2.24) is 0 Å². The average molecular weight is 300 g/mol. The van der Waals surface area contributed by atoms with Crippen LogP contribution >= 0.6 is 23.2 Å². The van der Waals surface area contributed by atoms with E-state index in [1.165, 1.54) is 24.3 Å². The Bertz CT molecular complexity index is 400. The molecule has 0 aliphatic heterocycles. The molecule has 0 aliphatic rings. The van der Waals surface area contributed by atoms with Crippen molar-refractivity contribution in [2.45, 2.75) is 17.2 Å². The van der Waals surface area contributed by atoms with Gasteiger partial charge in [0.25, 0.3) is 0 Å². The molecule has 0 aliphatic carbocycles. The van der Waals surface area contributed by atoms with Crippen LogP contribution in [-0.2, 0) is 9.53 Å². The van der Waals surface area contributed by atoms with Crippen molar-refractivity contribution in [2.24, 2.45) is 0 Å². The Morgan fingerprint density at radius 3 is 2.28 bits per heavy atom. The molecule has 0 N–H and O–H groups in total. The van der Waals surface area contributed by atoms with E-state index in [2.05, 4.69) is 9.47 Å². The van der Waals surface area contributed by atoms with Crippen molar-refractivity contribution >= 4 is 29.2 Å². The molecule has 4 nitrogen and oxygen atoms in total. The fourth-order valence-corrected chi connectivity index (χ4v) is 1.04. The van der Waals surface area contributed by atoms with Gasteiger partial charge in [-0.15, -0.1) is 0 Å². The summed E-state index contributed by atoms with van der Waals surface area (Å²) in [4.78, 5) is 8.39. The maximum atomic E-state index is 13.0. The summed E-state index contributed by atoms with van der Waals surface area (Å²) in [5, 5.41) is 10.6. The van der Waals surface area contributed by atoms with Crippen LogP contribution in [0.1, 0.15) is 0 Å². The van der Waals surface area contributed by atoms with Gasteiger partial charge in [0.2, 0.25) is 6.29 Å². The second kappa shape index (κ2) is 6.17. The Kier molecular flexibility index (Phi) is 5.13. The third kappa shape index (κ3) is 4.29. The van der Waals surface area contributed by atoms with E-state index < -0.39 is 23.2 Å². The number of para-hydroxylation sites is 1. The zero-order valence-electron chi connectivity index (χ0n) is 8.69. The number of ether oxygens (including phenoxy) is 2.